The molecule has 1 aromatic carbocycles. The van der Waals surface area contributed by atoms with Crippen LogP contribution < -0.4 is 5.73 Å². The Labute approximate surface area is 105 Å². The molecule has 1 aliphatic heterocycles. The van der Waals surface area contributed by atoms with Crippen molar-refractivity contribution < 1.29 is 8.42 Å². The number of sulfone groups is 1. The number of nitrogens with two attached hydrogens (primary N) is 1. The molecule has 0 fully saturated rings. The molecule has 18 heavy (non-hydrogen) atoms. The minimum Gasteiger partial charge on any atom is -0.326 e. The molecule has 5 nitrogen and oxygen atoms in total. The molecule has 94 valence electrons. The molecule has 6 heteroatoms. The predicted octanol–water partition coefficient (Wildman–Crippen LogP) is 0.759. The molecule has 0 saturated heterocycles. The number of hydrogen-bond acceptors (Lipinski definition) is 4. The van der Waals surface area contributed by atoms with Crippen molar-refractivity contribution in [2.24, 2.45) is 5.73 Å². The van der Waals surface area contributed by atoms with E-state index in [0.29, 0.717) is 6.54 Å². The van der Waals surface area contributed by atoms with Crippen molar-refractivity contribution in [1.29, 1.82) is 0 Å². The summed E-state index contributed by atoms with van der Waals surface area (Å²) in [6, 6.07) is 7.66. The van der Waals surface area contributed by atoms with Gasteiger partial charge in [-0.2, -0.15) is 5.10 Å². The Hall–Kier alpha value is -1.66. The van der Waals surface area contributed by atoms with E-state index in [1.807, 2.05) is 24.3 Å². The van der Waals surface area contributed by atoms with Gasteiger partial charge in [-0.3, -0.25) is 0 Å². The van der Waals surface area contributed by atoms with Gasteiger partial charge in [-0.15, -0.1) is 0 Å². The van der Waals surface area contributed by atoms with Gasteiger partial charge in [0.1, 0.15) is 0 Å². The molecule has 1 aromatic heterocycles. The van der Waals surface area contributed by atoms with Gasteiger partial charge in [-0.25, -0.2) is 13.1 Å². The second kappa shape index (κ2) is 3.93. The lowest BCUT2D eigenvalue weighted by Gasteiger charge is -2.06. The average molecular weight is 263 g/mol. The van der Waals surface area contributed by atoms with Gasteiger partial charge in [-0.05, 0) is 17.7 Å². The van der Waals surface area contributed by atoms with Crippen molar-refractivity contribution in [2.45, 2.75) is 18.1 Å². The molecule has 2 N–H and O–H groups in total. The lowest BCUT2D eigenvalue weighted by atomic mass is 10.2. The summed E-state index contributed by atoms with van der Waals surface area (Å²) in [5, 5.41) is 4.26. The fourth-order valence-corrected chi connectivity index (χ4v) is 3.76. The first-order valence-electron chi connectivity index (χ1n) is 5.65. The van der Waals surface area contributed by atoms with Crippen LogP contribution in [0.2, 0.25) is 0 Å². The number of rotatable bonds is 2. The quantitative estimate of drug-likeness (QED) is 0.867. The highest BCUT2D eigenvalue weighted by Crippen LogP contribution is 2.26. The van der Waals surface area contributed by atoms with Crippen molar-refractivity contribution in [3.63, 3.8) is 0 Å². The minimum atomic E-state index is -2.99. The Morgan fingerprint density at radius 2 is 2.17 bits per heavy atom. The van der Waals surface area contributed by atoms with Crippen LogP contribution in [0, 0.1) is 0 Å². The molecule has 0 bridgehead atoms. The largest absolute Gasteiger partial charge is 0.326 e. The van der Waals surface area contributed by atoms with Gasteiger partial charge in [0, 0.05) is 12.1 Å². The van der Waals surface area contributed by atoms with Crippen LogP contribution in [0.15, 0.2) is 30.5 Å². The Morgan fingerprint density at radius 1 is 1.33 bits per heavy atom. The zero-order valence-corrected chi connectivity index (χ0v) is 10.5. The van der Waals surface area contributed by atoms with E-state index in [1.165, 1.54) is 0 Å². The first-order chi connectivity index (χ1) is 8.59. The third-order valence-corrected chi connectivity index (χ3v) is 4.54. The lowest BCUT2D eigenvalue weighted by Crippen LogP contribution is -2.05. The number of benzene rings is 1. The lowest BCUT2D eigenvalue weighted by molar-refractivity contribution is 0.596. The summed E-state index contributed by atoms with van der Waals surface area (Å²) in [6.07, 6.45) is 1.63. The third-order valence-electron chi connectivity index (χ3n) is 3.08. The van der Waals surface area contributed by atoms with E-state index in [-0.39, 0.29) is 11.5 Å². The van der Waals surface area contributed by atoms with Crippen molar-refractivity contribution in [3.8, 4) is 5.69 Å². The smallest absolute Gasteiger partial charge is 0.160 e. The van der Waals surface area contributed by atoms with Crippen LogP contribution in [0.1, 0.15) is 16.8 Å². The molecule has 0 spiro atoms. The fraction of sp³-hybridized carbons (Fsp3) is 0.250. The maximum Gasteiger partial charge on any atom is 0.160 e. The van der Waals surface area contributed by atoms with Gasteiger partial charge in [0.25, 0.3) is 0 Å². The highest BCUT2D eigenvalue weighted by Gasteiger charge is 2.29. The van der Waals surface area contributed by atoms with Crippen molar-refractivity contribution in [2.75, 3.05) is 0 Å². The molecule has 0 saturated carbocycles. The molecule has 0 aliphatic carbocycles. The highest BCUT2D eigenvalue weighted by molar-refractivity contribution is 7.90. The number of aromatic nitrogens is 2. The van der Waals surface area contributed by atoms with Crippen LogP contribution in [0.5, 0.6) is 0 Å². The van der Waals surface area contributed by atoms with Crippen LogP contribution in [0.25, 0.3) is 5.69 Å². The second-order valence-electron chi connectivity index (χ2n) is 4.43. The summed E-state index contributed by atoms with van der Waals surface area (Å²) in [4.78, 5) is 0. The van der Waals surface area contributed by atoms with E-state index in [4.69, 9.17) is 5.73 Å². The molecule has 2 heterocycles. The van der Waals surface area contributed by atoms with Crippen molar-refractivity contribution in [1.82, 2.24) is 9.78 Å². The van der Waals surface area contributed by atoms with E-state index >= 15 is 0 Å². The number of fused-ring (bicyclic) bond motifs is 1. The van der Waals surface area contributed by atoms with Gasteiger partial charge in [-0.1, -0.05) is 12.1 Å². The van der Waals surface area contributed by atoms with Gasteiger partial charge >= 0.3 is 0 Å². The fourth-order valence-electron chi connectivity index (χ4n) is 2.22. The standard InChI is InChI=1S/C12H13N3O2S/c13-5-9-2-1-3-11(4-9)15-12-8-18(16,17)7-10(12)6-14-15/h1-4,6H,5,7-8,13H2. The molecule has 0 amide bonds. The summed E-state index contributed by atoms with van der Waals surface area (Å²) < 4.78 is 24.9. The van der Waals surface area contributed by atoms with Crippen LogP contribution in [0.4, 0.5) is 0 Å². The summed E-state index contributed by atoms with van der Waals surface area (Å²) in [5.74, 6) is 0.161. The predicted molar refractivity (Wildman–Crippen MR) is 67.8 cm³/mol. The van der Waals surface area contributed by atoms with Gasteiger partial charge in [0.2, 0.25) is 0 Å². The Balaban J connectivity index is 2.09. The minimum absolute atomic E-state index is 0.0647. The first-order valence-corrected chi connectivity index (χ1v) is 7.47. The number of hydrogen-bond donors (Lipinski definition) is 1. The highest BCUT2D eigenvalue weighted by atomic mass is 32.2. The molecular weight excluding hydrogens is 250 g/mol. The molecular formula is C12H13N3O2S. The molecule has 3 rings (SSSR count). The van der Waals surface area contributed by atoms with E-state index in [2.05, 4.69) is 5.10 Å². The van der Waals surface area contributed by atoms with Gasteiger partial charge < -0.3 is 5.73 Å². The zero-order valence-electron chi connectivity index (χ0n) is 9.70. The van der Waals surface area contributed by atoms with Crippen LogP contribution in [-0.4, -0.2) is 18.2 Å². The van der Waals surface area contributed by atoms with Crippen LogP contribution in [0.3, 0.4) is 0 Å². The second-order valence-corrected chi connectivity index (χ2v) is 6.50. The van der Waals surface area contributed by atoms with Crippen LogP contribution in [-0.2, 0) is 27.9 Å². The summed E-state index contributed by atoms with van der Waals surface area (Å²) in [6.45, 7) is 0.454. The van der Waals surface area contributed by atoms with Crippen molar-refractivity contribution >= 4 is 9.84 Å². The number of nitrogens with zero attached hydrogens (tertiary/aromatic N) is 2. The van der Waals surface area contributed by atoms with Crippen LogP contribution >= 0.6 is 0 Å². The molecule has 2 aromatic rings. The normalized spacial score (nSPS) is 16.7. The summed E-state index contributed by atoms with van der Waals surface area (Å²) >= 11 is 0. The maximum absolute atomic E-state index is 11.6. The van der Waals surface area contributed by atoms with Gasteiger partial charge in [0.05, 0.1) is 29.1 Å². The van der Waals surface area contributed by atoms with E-state index in [9.17, 15) is 8.42 Å². The maximum atomic E-state index is 11.6. The first kappa shape index (κ1) is 11.4. The van der Waals surface area contributed by atoms with E-state index < -0.39 is 9.84 Å². The van der Waals surface area contributed by atoms with Gasteiger partial charge in [0.15, 0.2) is 9.84 Å². The molecule has 0 radical (unpaired) electrons. The SMILES string of the molecule is NCc1cccc(-n2ncc3c2CS(=O)(=O)C3)c1. The zero-order chi connectivity index (χ0) is 12.8. The van der Waals surface area contributed by atoms with E-state index in [0.717, 1.165) is 22.5 Å². The Morgan fingerprint density at radius 3 is 2.94 bits per heavy atom. The molecule has 1 aliphatic rings. The van der Waals surface area contributed by atoms with E-state index in [1.54, 1.807) is 10.9 Å². The Kier molecular flexibility index (Phi) is 2.49. The topological polar surface area (TPSA) is 78.0 Å². The Bertz CT molecular complexity index is 704. The average Bonchev–Trinajstić information content (AvgIpc) is 2.84. The summed E-state index contributed by atoms with van der Waals surface area (Å²) in [7, 11) is -2.99. The van der Waals surface area contributed by atoms with Crippen molar-refractivity contribution in [3.05, 3.63) is 47.3 Å². The third kappa shape index (κ3) is 1.83. The molecule has 0 atom stereocenters. The summed E-state index contributed by atoms with van der Waals surface area (Å²) in [5.41, 5.74) is 9.02. The monoisotopic (exact) mass is 263 g/mol. The molecule has 0 unspecified atom stereocenters.